The monoisotopic (exact) mass is 381 g/mol. The molecule has 0 heterocycles. The number of hydrogen-bond donors (Lipinski definition) is 1. The number of aryl methyl sites for hydroxylation is 2. The summed E-state index contributed by atoms with van der Waals surface area (Å²) in [4.78, 5) is 0.249. The lowest BCUT2D eigenvalue weighted by atomic mass is 9.99. The Kier molecular flexibility index (Phi) is 5.63. The van der Waals surface area contributed by atoms with Crippen LogP contribution in [0.1, 0.15) is 28.3 Å². The van der Waals surface area contributed by atoms with Gasteiger partial charge in [0.2, 0.25) is 10.0 Å². The van der Waals surface area contributed by atoms with E-state index in [-0.39, 0.29) is 4.90 Å². The van der Waals surface area contributed by atoms with Gasteiger partial charge in [0.1, 0.15) is 5.75 Å². The first-order valence-electron chi connectivity index (χ1n) is 8.68. The Bertz CT molecular complexity index is 993. The minimum absolute atomic E-state index is 0.249. The molecular formula is C22H23NO3S. The number of sulfonamides is 1. The van der Waals surface area contributed by atoms with Crippen LogP contribution in [0.25, 0.3) is 0 Å². The van der Waals surface area contributed by atoms with Crippen LogP contribution >= 0.6 is 0 Å². The molecule has 27 heavy (non-hydrogen) atoms. The number of nitrogens with one attached hydrogen (secondary N) is 1. The van der Waals surface area contributed by atoms with Crippen molar-refractivity contribution in [3.05, 3.63) is 95.1 Å². The lowest BCUT2D eigenvalue weighted by molar-refractivity contribution is 0.414. The molecule has 140 valence electrons. The smallest absolute Gasteiger partial charge is 0.241 e. The lowest BCUT2D eigenvalue weighted by Crippen LogP contribution is -2.29. The molecule has 4 nitrogen and oxygen atoms in total. The summed E-state index contributed by atoms with van der Waals surface area (Å²) in [5.74, 6) is 0.725. The van der Waals surface area contributed by atoms with Gasteiger partial charge in [0.05, 0.1) is 18.0 Å². The maximum atomic E-state index is 13.0. The Morgan fingerprint density at radius 3 is 1.67 bits per heavy atom. The first-order valence-corrected chi connectivity index (χ1v) is 10.2. The van der Waals surface area contributed by atoms with Gasteiger partial charge in [0.15, 0.2) is 0 Å². The van der Waals surface area contributed by atoms with Crippen LogP contribution in [0.4, 0.5) is 0 Å². The van der Waals surface area contributed by atoms with E-state index in [1.165, 1.54) is 0 Å². The summed E-state index contributed by atoms with van der Waals surface area (Å²) in [6.45, 7) is 3.93. The van der Waals surface area contributed by atoms with Crippen molar-refractivity contribution < 1.29 is 13.2 Å². The van der Waals surface area contributed by atoms with E-state index < -0.39 is 16.1 Å². The van der Waals surface area contributed by atoms with E-state index in [0.29, 0.717) is 0 Å². The second-order valence-corrected chi connectivity index (χ2v) is 8.27. The molecule has 1 atom stereocenters. The second kappa shape index (κ2) is 7.94. The largest absolute Gasteiger partial charge is 0.497 e. The van der Waals surface area contributed by atoms with Crippen LogP contribution in [0.5, 0.6) is 5.75 Å². The molecule has 3 rings (SSSR count). The highest BCUT2D eigenvalue weighted by molar-refractivity contribution is 7.89. The summed E-state index contributed by atoms with van der Waals surface area (Å²) < 4.78 is 34.0. The summed E-state index contributed by atoms with van der Waals surface area (Å²) in [7, 11) is -2.08. The van der Waals surface area contributed by atoms with Crippen LogP contribution < -0.4 is 9.46 Å². The molecule has 3 aromatic carbocycles. The number of benzene rings is 3. The van der Waals surface area contributed by atoms with Gasteiger partial charge in [-0.3, -0.25) is 0 Å². The fourth-order valence-electron chi connectivity index (χ4n) is 2.82. The van der Waals surface area contributed by atoms with Crippen LogP contribution in [-0.2, 0) is 10.0 Å². The van der Waals surface area contributed by atoms with Gasteiger partial charge in [0.25, 0.3) is 0 Å². The molecule has 0 radical (unpaired) electrons. The van der Waals surface area contributed by atoms with E-state index >= 15 is 0 Å². The number of methoxy groups -OCH3 is 1. The van der Waals surface area contributed by atoms with Crippen molar-refractivity contribution in [1.82, 2.24) is 4.72 Å². The van der Waals surface area contributed by atoms with E-state index in [1.54, 1.807) is 31.4 Å². The van der Waals surface area contributed by atoms with Crippen molar-refractivity contribution >= 4 is 10.0 Å². The van der Waals surface area contributed by atoms with Crippen LogP contribution in [-0.4, -0.2) is 15.5 Å². The molecule has 0 unspecified atom stereocenters. The molecule has 3 aromatic rings. The summed E-state index contributed by atoms with van der Waals surface area (Å²) in [5.41, 5.74) is 3.85. The SMILES string of the molecule is COc1ccc([C@H](NS(=O)(=O)c2ccc(C)cc2)c2ccc(C)cc2)cc1. The van der Waals surface area contributed by atoms with Gasteiger partial charge < -0.3 is 4.74 Å². The first-order chi connectivity index (χ1) is 12.9. The molecular weight excluding hydrogens is 358 g/mol. The average Bonchev–Trinajstić information content (AvgIpc) is 2.67. The summed E-state index contributed by atoms with van der Waals surface area (Å²) in [6.07, 6.45) is 0. The van der Waals surface area contributed by atoms with Crippen LogP contribution in [0.3, 0.4) is 0 Å². The number of ether oxygens (including phenoxy) is 1. The molecule has 5 heteroatoms. The number of hydrogen-bond acceptors (Lipinski definition) is 3. The molecule has 0 aliphatic heterocycles. The van der Waals surface area contributed by atoms with Gasteiger partial charge in [0, 0.05) is 0 Å². The first kappa shape index (κ1) is 19.1. The van der Waals surface area contributed by atoms with E-state index in [4.69, 9.17) is 4.74 Å². The number of rotatable bonds is 6. The van der Waals surface area contributed by atoms with Crippen molar-refractivity contribution in [3.63, 3.8) is 0 Å². The molecule has 0 aromatic heterocycles. The van der Waals surface area contributed by atoms with Crippen LogP contribution in [0, 0.1) is 13.8 Å². The van der Waals surface area contributed by atoms with E-state index in [2.05, 4.69) is 4.72 Å². The molecule has 0 amide bonds. The Hall–Kier alpha value is -2.63. The standard InChI is InChI=1S/C22H23NO3S/c1-16-4-8-18(9-5-16)22(19-10-12-20(26-3)13-11-19)23-27(24,25)21-14-6-17(2)7-15-21/h4-15,22-23H,1-3H3/t22-/m1/s1. The third-order valence-corrected chi connectivity index (χ3v) is 5.90. The molecule has 0 aliphatic rings. The Balaban J connectivity index is 2.00. The summed E-state index contributed by atoms with van der Waals surface area (Å²) >= 11 is 0. The van der Waals surface area contributed by atoms with Gasteiger partial charge in [-0.1, -0.05) is 59.7 Å². The fourth-order valence-corrected chi connectivity index (χ4v) is 4.04. The molecule has 0 spiro atoms. The van der Waals surface area contributed by atoms with Gasteiger partial charge in [-0.05, 0) is 49.2 Å². The third-order valence-electron chi connectivity index (χ3n) is 4.46. The van der Waals surface area contributed by atoms with Gasteiger partial charge in [-0.25, -0.2) is 8.42 Å². The predicted molar refractivity (Wildman–Crippen MR) is 108 cm³/mol. The fraction of sp³-hybridized carbons (Fsp3) is 0.182. The molecule has 0 aliphatic carbocycles. The van der Waals surface area contributed by atoms with Gasteiger partial charge in [-0.2, -0.15) is 4.72 Å². The zero-order valence-electron chi connectivity index (χ0n) is 15.6. The molecule has 0 fully saturated rings. The van der Waals surface area contributed by atoms with Crippen molar-refractivity contribution in [2.24, 2.45) is 0 Å². The third kappa shape index (κ3) is 4.56. The quantitative estimate of drug-likeness (QED) is 0.689. The normalized spacial score (nSPS) is 12.6. The summed E-state index contributed by atoms with van der Waals surface area (Å²) in [5, 5.41) is 0. The van der Waals surface area contributed by atoms with E-state index in [0.717, 1.165) is 28.0 Å². The molecule has 0 bridgehead atoms. The minimum atomic E-state index is -3.68. The van der Waals surface area contributed by atoms with E-state index in [1.807, 2.05) is 62.4 Å². The highest BCUT2D eigenvalue weighted by atomic mass is 32.2. The zero-order chi connectivity index (χ0) is 19.4. The van der Waals surface area contributed by atoms with E-state index in [9.17, 15) is 8.42 Å². The summed E-state index contributed by atoms with van der Waals surface area (Å²) in [6, 6.07) is 21.6. The predicted octanol–water partition coefficient (Wildman–Crippen LogP) is 4.38. The van der Waals surface area contributed by atoms with Crippen molar-refractivity contribution in [1.29, 1.82) is 0 Å². The van der Waals surface area contributed by atoms with Crippen molar-refractivity contribution in [3.8, 4) is 5.75 Å². The second-order valence-electron chi connectivity index (χ2n) is 6.55. The Labute approximate surface area is 160 Å². The highest BCUT2D eigenvalue weighted by Gasteiger charge is 2.23. The molecule has 0 saturated heterocycles. The molecule has 0 saturated carbocycles. The average molecular weight is 381 g/mol. The van der Waals surface area contributed by atoms with Crippen molar-refractivity contribution in [2.45, 2.75) is 24.8 Å². The maximum Gasteiger partial charge on any atom is 0.241 e. The maximum absolute atomic E-state index is 13.0. The topological polar surface area (TPSA) is 55.4 Å². The Morgan fingerprint density at radius 2 is 1.19 bits per heavy atom. The van der Waals surface area contributed by atoms with Crippen molar-refractivity contribution in [2.75, 3.05) is 7.11 Å². The zero-order valence-corrected chi connectivity index (χ0v) is 16.5. The van der Waals surface area contributed by atoms with Crippen LogP contribution in [0.15, 0.2) is 77.7 Å². The lowest BCUT2D eigenvalue weighted by Gasteiger charge is -2.20. The highest BCUT2D eigenvalue weighted by Crippen LogP contribution is 2.26. The van der Waals surface area contributed by atoms with Gasteiger partial charge in [-0.15, -0.1) is 0 Å². The Morgan fingerprint density at radius 1 is 0.741 bits per heavy atom. The van der Waals surface area contributed by atoms with Gasteiger partial charge >= 0.3 is 0 Å². The van der Waals surface area contributed by atoms with Crippen LogP contribution in [0.2, 0.25) is 0 Å². The minimum Gasteiger partial charge on any atom is -0.497 e. The molecule has 1 N–H and O–H groups in total.